The third-order valence-electron chi connectivity index (χ3n) is 4.42. The summed E-state index contributed by atoms with van der Waals surface area (Å²) in [5, 5.41) is 0. The van der Waals surface area contributed by atoms with E-state index in [4.69, 9.17) is 4.74 Å². The molecule has 0 saturated carbocycles. The van der Waals surface area contributed by atoms with Crippen LogP contribution in [0.5, 0.6) is 5.75 Å². The summed E-state index contributed by atoms with van der Waals surface area (Å²) in [6, 6.07) is 16.3. The number of carbonyl (C=O) groups excluding carboxylic acids is 1. The molecule has 1 saturated heterocycles. The maximum absolute atomic E-state index is 13.1. The number of hydrogen-bond donors (Lipinski definition) is 0. The van der Waals surface area contributed by atoms with Crippen molar-refractivity contribution in [1.29, 1.82) is 0 Å². The van der Waals surface area contributed by atoms with Gasteiger partial charge in [0.25, 0.3) is 5.91 Å². The van der Waals surface area contributed by atoms with Crippen molar-refractivity contribution in [3.63, 3.8) is 0 Å². The topological polar surface area (TPSA) is 63.7 Å². The molecule has 1 amide bonds. The van der Waals surface area contributed by atoms with Crippen LogP contribution in [0.1, 0.15) is 22.3 Å². The minimum Gasteiger partial charge on any atom is -0.497 e. The highest BCUT2D eigenvalue weighted by Gasteiger charge is 2.35. The van der Waals surface area contributed by atoms with Crippen molar-refractivity contribution in [3.05, 3.63) is 65.7 Å². The fourth-order valence-corrected chi connectivity index (χ4v) is 4.82. The lowest BCUT2D eigenvalue weighted by atomic mass is 10.1. The molecule has 25 heavy (non-hydrogen) atoms. The van der Waals surface area contributed by atoms with Crippen LogP contribution >= 0.6 is 0 Å². The number of hydrogen-bond acceptors (Lipinski definition) is 4. The zero-order chi connectivity index (χ0) is 17.9. The van der Waals surface area contributed by atoms with Crippen LogP contribution in [0.25, 0.3) is 0 Å². The van der Waals surface area contributed by atoms with E-state index in [1.54, 1.807) is 36.3 Å². The van der Waals surface area contributed by atoms with Gasteiger partial charge >= 0.3 is 0 Å². The highest BCUT2D eigenvalue weighted by molar-refractivity contribution is 7.91. The third-order valence-corrected chi connectivity index (χ3v) is 6.17. The van der Waals surface area contributed by atoms with Gasteiger partial charge in [0.1, 0.15) is 5.75 Å². The van der Waals surface area contributed by atoms with Crippen LogP contribution in [0.15, 0.2) is 54.6 Å². The Balaban J connectivity index is 1.91. The monoisotopic (exact) mass is 359 g/mol. The largest absolute Gasteiger partial charge is 0.497 e. The quantitative estimate of drug-likeness (QED) is 0.823. The molecule has 0 spiro atoms. The van der Waals surface area contributed by atoms with Gasteiger partial charge in [-0.2, -0.15) is 0 Å². The second-order valence-corrected chi connectivity index (χ2v) is 8.44. The molecule has 132 valence electrons. The van der Waals surface area contributed by atoms with E-state index in [2.05, 4.69) is 0 Å². The number of rotatable bonds is 5. The predicted molar refractivity (Wildman–Crippen MR) is 96.4 cm³/mol. The lowest BCUT2D eigenvalue weighted by Crippen LogP contribution is -2.40. The number of benzene rings is 2. The van der Waals surface area contributed by atoms with Crippen molar-refractivity contribution in [2.75, 3.05) is 18.6 Å². The number of ether oxygens (including phenoxy) is 1. The molecule has 0 aromatic heterocycles. The lowest BCUT2D eigenvalue weighted by Gasteiger charge is -2.28. The van der Waals surface area contributed by atoms with E-state index in [0.717, 1.165) is 5.56 Å². The Labute approximate surface area is 148 Å². The molecule has 3 rings (SSSR count). The summed E-state index contributed by atoms with van der Waals surface area (Å²) in [5.74, 6) is 0.582. The van der Waals surface area contributed by atoms with Gasteiger partial charge in [0.2, 0.25) is 0 Å². The first kappa shape index (κ1) is 17.5. The Morgan fingerprint density at radius 1 is 1.16 bits per heavy atom. The van der Waals surface area contributed by atoms with Crippen LogP contribution in [0, 0.1) is 0 Å². The molecular weight excluding hydrogens is 338 g/mol. The van der Waals surface area contributed by atoms with Crippen molar-refractivity contribution in [3.8, 4) is 5.75 Å². The van der Waals surface area contributed by atoms with E-state index in [0.29, 0.717) is 24.3 Å². The molecule has 0 aliphatic carbocycles. The van der Waals surface area contributed by atoms with Crippen molar-refractivity contribution < 1.29 is 17.9 Å². The van der Waals surface area contributed by atoms with Crippen LogP contribution in [0.2, 0.25) is 0 Å². The second kappa shape index (κ2) is 7.27. The first-order valence-corrected chi connectivity index (χ1v) is 10.00. The summed E-state index contributed by atoms with van der Waals surface area (Å²) >= 11 is 0. The fourth-order valence-electron chi connectivity index (χ4n) is 3.09. The Kier molecular flexibility index (Phi) is 5.08. The molecule has 2 aromatic rings. The minimum absolute atomic E-state index is 0.0234. The van der Waals surface area contributed by atoms with Gasteiger partial charge in [-0.05, 0) is 30.2 Å². The molecule has 1 aliphatic rings. The molecule has 1 atom stereocenters. The first-order chi connectivity index (χ1) is 12.0. The van der Waals surface area contributed by atoms with Crippen molar-refractivity contribution in [1.82, 2.24) is 4.90 Å². The molecule has 0 N–H and O–H groups in total. The standard InChI is InChI=1S/C19H21NO4S/c1-24-18-9-5-8-16(12-18)19(21)20(13-15-6-3-2-4-7-15)17-10-11-25(22,23)14-17/h2-9,12,17H,10-11,13-14H2,1H3/t17-/m0/s1. The molecule has 1 fully saturated rings. The van der Waals surface area contributed by atoms with E-state index in [-0.39, 0.29) is 23.5 Å². The van der Waals surface area contributed by atoms with E-state index >= 15 is 0 Å². The minimum atomic E-state index is -3.08. The van der Waals surface area contributed by atoms with Crippen LogP contribution in [0.4, 0.5) is 0 Å². The summed E-state index contributed by atoms with van der Waals surface area (Å²) < 4.78 is 29.0. The van der Waals surface area contributed by atoms with Crippen LogP contribution in [0.3, 0.4) is 0 Å². The molecule has 0 unspecified atom stereocenters. The van der Waals surface area contributed by atoms with Crippen molar-refractivity contribution in [2.45, 2.75) is 19.0 Å². The maximum atomic E-state index is 13.1. The average Bonchev–Trinajstić information content (AvgIpc) is 2.99. The number of carbonyl (C=O) groups is 1. The van der Waals surface area contributed by atoms with Gasteiger partial charge in [0.15, 0.2) is 9.84 Å². The highest BCUT2D eigenvalue weighted by Crippen LogP contribution is 2.23. The summed E-state index contributed by atoms with van der Waals surface area (Å²) in [5.41, 5.74) is 1.47. The fraction of sp³-hybridized carbons (Fsp3) is 0.316. The predicted octanol–water partition coefficient (Wildman–Crippen LogP) is 2.52. The van der Waals surface area contributed by atoms with Gasteiger partial charge < -0.3 is 9.64 Å². The van der Waals surface area contributed by atoms with Crippen LogP contribution in [-0.2, 0) is 16.4 Å². The molecule has 0 bridgehead atoms. The van der Waals surface area contributed by atoms with E-state index in [1.807, 2.05) is 30.3 Å². The highest BCUT2D eigenvalue weighted by atomic mass is 32.2. The molecule has 1 heterocycles. The van der Waals surface area contributed by atoms with Crippen LogP contribution < -0.4 is 4.74 Å². The SMILES string of the molecule is COc1cccc(C(=O)N(Cc2ccccc2)[C@H]2CCS(=O)(=O)C2)c1. The Bertz CT molecular complexity index is 849. The molecule has 5 nitrogen and oxygen atoms in total. The van der Waals surface area contributed by atoms with Gasteiger partial charge in [0.05, 0.1) is 18.6 Å². The smallest absolute Gasteiger partial charge is 0.254 e. The second-order valence-electron chi connectivity index (χ2n) is 6.21. The molecule has 0 radical (unpaired) electrons. The Hall–Kier alpha value is -2.34. The van der Waals surface area contributed by atoms with Crippen molar-refractivity contribution >= 4 is 15.7 Å². The third kappa shape index (κ3) is 4.20. The maximum Gasteiger partial charge on any atom is 0.254 e. The summed E-state index contributed by atoms with van der Waals surface area (Å²) in [6.45, 7) is 0.386. The average molecular weight is 359 g/mol. The van der Waals surface area contributed by atoms with Crippen LogP contribution in [-0.4, -0.2) is 43.9 Å². The van der Waals surface area contributed by atoms with Gasteiger partial charge in [-0.1, -0.05) is 36.4 Å². The van der Waals surface area contributed by atoms with Crippen molar-refractivity contribution in [2.24, 2.45) is 0 Å². The molecule has 1 aliphatic heterocycles. The van der Waals surface area contributed by atoms with Gasteiger partial charge in [-0.3, -0.25) is 4.79 Å². The normalized spacial score (nSPS) is 18.7. The zero-order valence-electron chi connectivity index (χ0n) is 14.1. The Morgan fingerprint density at radius 3 is 2.56 bits per heavy atom. The zero-order valence-corrected chi connectivity index (χ0v) is 14.9. The van der Waals surface area contributed by atoms with Gasteiger partial charge in [-0.15, -0.1) is 0 Å². The summed E-state index contributed by atoms with van der Waals surface area (Å²) in [7, 11) is -1.53. The number of amides is 1. The summed E-state index contributed by atoms with van der Waals surface area (Å²) in [6.07, 6.45) is 0.477. The van der Waals surface area contributed by atoms with E-state index < -0.39 is 9.84 Å². The first-order valence-electron chi connectivity index (χ1n) is 8.18. The Morgan fingerprint density at radius 2 is 1.92 bits per heavy atom. The van der Waals surface area contributed by atoms with E-state index in [1.165, 1.54) is 0 Å². The number of methoxy groups -OCH3 is 1. The van der Waals surface area contributed by atoms with E-state index in [9.17, 15) is 13.2 Å². The number of sulfone groups is 1. The molecule has 6 heteroatoms. The lowest BCUT2D eigenvalue weighted by molar-refractivity contribution is 0.0680. The van der Waals surface area contributed by atoms with Gasteiger partial charge in [-0.25, -0.2) is 8.42 Å². The van der Waals surface area contributed by atoms with Gasteiger partial charge in [0, 0.05) is 18.2 Å². The molecule has 2 aromatic carbocycles. The number of nitrogens with zero attached hydrogens (tertiary/aromatic N) is 1. The molecular formula is C19H21NO4S. The summed E-state index contributed by atoms with van der Waals surface area (Å²) in [4.78, 5) is 14.8.